The van der Waals surface area contributed by atoms with Gasteiger partial charge >= 0.3 is 0 Å². The van der Waals surface area contributed by atoms with E-state index in [9.17, 15) is 8.78 Å². The van der Waals surface area contributed by atoms with E-state index in [4.69, 9.17) is 0 Å². The first-order chi connectivity index (χ1) is 10.2. The number of hydrogen-bond acceptors (Lipinski definition) is 1. The lowest BCUT2D eigenvalue weighted by molar-refractivity contribution is 0.437. The molecule has 0 radical (unpaired) electrons. The number of fused-ring (bicyclic) bond motifs is 1. The summed E-state index contributed by atoms with van der Waals surface area (Å²) in [6.07, 6.45) is 2.44. The van der Waals surface area contributed by atoms with E-state index < -0.39 is 11.6 Å². The van der Waals surface area contributed by atoms with Crippen LogP contribution in [0.4, 0.5) is 8.78 Å². The van der Waals surface area contributed by atoms with E-state index in [1.54, 1.807) is 0 Å². The second-order valence-electron chi connectivity index (χ2n) is 5.64. The first-order valence-corrected chi connectivity index (χ1v) is 7.38. The molecule has 3 rings (SSSR count). The molecule has 21 heavy (non-hydrogen) atoms. The van der Waals surface area contributed by atoms with Gasteiger partial charge < -0.3 is 5.32 Å². The van der Waals surface area contributed by atoms with Crippen LogP contribution in [-0.2, 0) is 12.8 Å². The van der Waals surface area contributed by atoms with Gasteiger partial charge in [0.15, 0.2) is 0 Å². The summed E-state index contributed by atoms with van der Waals surface area (Å²) in [5.41, 5.74) is 2.85. The summed E-state index contributed by atoms with van der Waals surface area (Å²) in [6.45, 7) is 0. The standard InChI is InChI=1S/C18H19F2N/c1-21-18(11-15-16(19)7-4-8-17(15)20)14-10-9-12-5-2-3-6-13(12)14/h2-8,14,18,21H,9-11H2,1H3. The predicted molar refractivity (Wildman–Crippen MR) is 80.4 cm³/mol. The first-order valence-electron chi connectivity index (χ1n) is 7.38. The first kappa shape index (κ1) is 14.2. The third-order valence-corrected chi connectivity index (χ3v) is 4.52. The second kappa shape index (κ2) is 5.94. The molecule has 0 heterocycles. The van der Waals surface area contributed by atoms with Crippen LogP contribution in [-0.4, -0.2) is 13.1 Å². The highest BCUT2D eigenvalue weighted by Gasteiger charge is 2.29. The maximum absolute atomic E-state index is 13.9. The molecule has 0 aliphatic heterocycles. The van der Waals surface area contributed by atoms with Gasteiger partial charge in [-0.1, -0.05) is 30.3 Å². The van der Waals surface area contributed by atoms with Crippen molar-refractivity contribution in [3.8, 4) is 0 Å². The van der Waals surface area contributed by atoms with E-state index in [1.807, 2.05) is 19.2 Å². The molecular weight excluding hydrogens is 268 g/mol. The van der Waals surface area contributed by atoms with Gasteiger partial charge in [0.25, 0.3) is 0 Å². The van der Waals surface area contributed by atoms with Gasteiger partial charge in [0.05, 0.1) is 0 Å². The van der Waals surface area contributed by atoms with Gasteiger partial charge in [0.2, 0.25) is 0 Å². The van der Waals surface area contributed by atoms with Crippen LogP contribution in [0.1, 0.15) is 29.0 Å². The summed E-state index contributed by atoms with van der Waals surface area (Å²) >= 11 is 0. The normalized spacial score (nSPS) is 18.5. The van der Waals surface area contributed by atoms with Gasteiger partial charge in [-0.3, -0.25) is 0 Å². The van der Waals surface area contributed by atoms with Crippen molar-refractivity contribution in [3.05, 3.63) is 70.8 Å². The topological polar surface area (TPSA) is 12.0 Å². The molecule has 2 atom stereocenters. The summed E-state index contributed by atoms with van der Waals surface area (Å²) < 4.78 is 27.7. The van der Waals surface area contributed by atoms with Crippen molar-refractivity contribution in [2.45, 2.75) is 31.2 Å². The van der Waals surface area contributed by atoms with E-state index in [1.165, 1.54) is 29.3 Å². The van der Waals surface area contributed by atoms with E-state index in [2.05, 4.69) is 17.4 Å². The third kappa shape index (κ3) is 2.70. The minimum Gasteiger partial charge on any atom is -0.316 e. The SMILES string of the molecule is CNC(Cc1c(F)cccc1F)C1CCc2ccccc21. The zero-order chi connectivity index (χ0) is 14.8. The van der Waals surface area contributed by atoms with Crippen LogP contribution in [0.2, 0.25) is 0 Å². The molecule has 0 saturated carbocycles. The Labute approximate surface area is 124 Å². The van der Waals surface area contributed by atoms with E-state index in [0.717, 1.165) is 12.8 Å². The molecule has 2 unspecified atom stereocenters. The van der Waals surface area contributed by atoms with Gasteiger partial charge in [0.1, 0.15) is 11.6 Å². The summed E-state index contributed by atoms with van der Waals surface area (Å²) in [5.74, 6) is -0.603. The van der Waals surface area contributed by atoms with E-state index >= 15 is 0 Å². The van der Waals surface area contributed by atoms with Gasteiger partial charge in [-0.2, -0.15) is 0 Å². The van der Waals surface area contributed by atoms with Crippen LogP contribution in [0, 0.1) is 11.6 Å². The predicted octanol–water partition coefficient (Wildman–Crippen LogP) is 3.83. The summed E-state index contributed by atoms with van der Waals surface area (Å²) in [6, 6.07) is 12.5. The zero-order valence-corrected chi connectivity index (χ0v) is 12.1. The molecule has 0 bridgehead atoms. The molecule has 110 valence electrons. The molecule has 2 aromatic carbocycles. The van der Waals surface area contributed by atoms with E-state index in [-0.39, 0.29) is 11.6 Å². The molecule has 0 saturated heterocycles. The number of nitrogens with one attached hydrogen (secondary N) is 1. The van der Waals surface area contributed by atoms with Gasteiger partial charge in [-0.05, 0) is 49.6 Å². The lowest BCUT2D eigenvalue weighted by atomic mass is 9.88. The molecule has 0 amide bonds. The highest BCUT2D eigenvalue weighted by atomic mass is 19.1. The fraction of sp³-hybridized carbons (Fsp3) is 0.333. The molecule has 1 aliphatic carbocycles. The lowest BCUT2D eigenvalue weighted by Crippen LogP contribution is -2.34. The Hall–Kier alpha value is -1.74. The molecule has 0 fully saturated rings. The number of hydrogen-bond donors (Lipinski definition) is 1. The van der Waals surface area contributed by atoms with E-state index in [0.29, 0.717) is 12.3 Å². The van der Waals surface area contributed by atoms with Crippen molar-refractivity contribution >= 4 is 0 Å². The Kier molecular flexibility index (Phi) is 4.02. The molecule has 3 heteroatoms. The Balaban J connectivity index is 1.87. The molecule has 1 aliphatic rings. The highest BCUT2D eigenvalue weighted by Crippen LogP contribution is 2.36. The number of likely N-dealkylation sites (N-methyl/N-ethyl adjacent to an activating group) is 1. The molecule has 2 aromatic rings. The van der Waals surface area contributed by atoms with Crippen molar-refractivity contribution in [3.63, 3.8) is 0 Å². The Bertz CT molecular complexity index is 619. The molecule has 0 aromatic heterocycles. The molecule has 1 N–H and O–H groups in total. The molecule has 1 nitrogen and oxygen atoms in total. The van der Waals surface area contributed by atoms with Crippen LogP contribution in [0.15, 0.2) is 42.5 Å². The maximum atomic E-state index is 13.9. The van der Waals surface area contributed by atoms with Crippen molar-refractivity contribution in [1.82, 2.24) is 5.32 Å². The monoisotopic (exact) mass is 287 g/mol. The number of rotatable bonds is 4. The Morgan fingerprint density at radius 1 is 1.10 bits per heavy atom. The van der Waals surface area contributed by atoms with Crippen LogP contribution in [0.25, 0.3) is 0 Å². The van der Waals surface area contributed by atoms with Gasteiger partial charge in [-0.15, -0.1) is 0 Å². The third-order valence-electron chi connectivity index (χ3n) is 4.52. The van der Waals surface area contributed by atoms with Gasteiger partial charge in [-0.25, -0.2) is 8.78 Å². The van der Waals surface area contributed by atoms with Crippen molar-refractivity contribution in [2.24, 2.45) is 0 Å². The lowest BCUT2D eigenvalue weighted by Gasteiger charge is -2.24. The molecule has 0 spiro atoms. The average molecular weight is 287 g/mol. The van der Waals surface area contributed by atoms with Crippen LogP contribution in [0.5, 0.6) is 0 Å². The number of aryl methyl sites for hydroxylation is 1. The molecular formula is C18H19F2N. The van der Waals surface area contributed by atoms with Crippen molar-refractivity contribution in [2.75, 3.05) is 7.05 Å². The summed E-state index contributed by atoms with van der Waals surface area (Å²) in [5, 5.41) is 3.25. The second-order valence-corrected chi connectivity index (χ2v) is 5.64. The zero-order valence-electron chi connectivity index (χ0n) is 12.1. The quantitative estimate of drug-likeness (QED) is 0.901. The van der Waals surface area contributed by atoms with Crippen molar-refractivity contribution in [1.29, 1.82) is 0 Å². The number of halogens is 2. The fourth-order valence-corrected chi connectivity index (χ4v) is 3.40. The Morgan fingerprint density at radius 2 is 1.81 bits per heavy atom. The minimum absolute atomic E-state index is 0.0417. The summed E-state index contributed by atoms with van der Waals surface area (Å²) in [4.78, 5) is 0. The largest absolute Gasteiger partial charge is 0.316 e. The Morgan fingerprint density at radius 3 is 2.52 bits per heavy atom. The average Bonchev–Trinajstić information content (AvgIpc) is 2.91. The maximum Gasteiger partial charge on any atom is 0.129 e. The fourth-order valence-electron chi connectivity index (χ4n) is 3.40. The van der Waals surface area contributed by atoms with Crippen LogP contribution in [0.3, 0.4) is 0 Å². The highest BCUT2D eigenvalue weighted by molar-refractivity contribution is 5.36. The minimum atomic E-state index is -0.457. The van der Waals surface area contributed by atoms with Crippen LogP contribution < -0.4 is 5.32 Å². The summed E-state index contributed by atoms with van der Waals surface area (Å²) in [7, 11) is 1.87. The van der Waals surface area contributed by atoms with Crippen molar-refractivity contribution < 1.29 is 8.78 Å². The van der Waals surface area contributed by atoms with Gasteiger partial charge in [0, 0.05) is 17.5 Å². The number of benzene rings is 2. The smallest absolute Gasteiger partial charge is 0.129 e. The van der Waals surface area contributed by atoms with Crippen LogP contribution >= 0.6 is 0 Å².